The monoisotopic (exact) mass is 308 g/mol. The Morgan fingerprint density at radius 2 is 1.96 bits per heavy atom. The number of benzene rings is 1. The first-order chi connectivity index (χ1) is 11.2. The minimum atomic E-state index is -0.392. The SMILES string of the molecule is Cc1nc(F)ccc1C1=CC2CCC(C1)N2Cc1ccccc1. The number of rotatable bonds is 3. The molecule has 118 valence electrons. The van der Waals surface area contributed by atoms with Gasteiger partial charge in [-0.1, -0.05) is 36.4 Å². The van der Waals surface area contributed by atoms with Crippen LogP contribution >= 0.6 is 0 Å². The van der Waals surface area contributed by atoms with Crippen LogP contribution in [0.1, 0.15) is 36.1 Å². The van der Waals surface area contributed by atoms with E-state index in [1.165, 1.54) is 30.0 Å². The van der Waals surface area contributed by atoms with Gasteiger partial charge in [-0.05, 0) is 55.0 Å². The van der Waals surface area contributed by atoms with Crippen LogP contribution in [0.4, 0.5) is 4.39 Å². The van der Waals surface area contributed by atoms with Crippen LogP contribution in [0.2, 0.25) is 0 Å². The van der Waals surface area contributed by atoms with Crippen molar-refractivity contribution in [2.75, 3.05) is 0 Å². The molecule has 3 heterocycles. The Hall–Kier alpha value is -2.00. The Bertz CT molecular complexity index is 739. The summed E-state index contributed by atoms with van der Waals surface area (Å²) in [5.41, 5.74) is 4.63. The molecule has 2 atom stereocenters. The molecule has 0 radical (unpaired) electrons. The van der Waals surface area contributed by atoms with E-state index in [2.05, 4.69) is 46.3 Å². The standard InChI is InChI=1S/C20H21FN2/c1-14-19(9-10-20(21)22-14)16-11-17-7-8-18(12-16)23(17)13-15-5-3-2-4-6-15/h2-6,9-11,17-18H,7-8,12-13H2,1H3. The van der Waals surface area contributed by atoms with Crippen LogP contribution in [0.15, 0.2) is 48.5 Å². The van der Waals surface area contributed by atoms with Crippen molar-refractivity contribution in [1.29, 1.82) is 0 Å². The number of hydrogen-bond donors (Lipinski definition) is 0. The summed E-state index contributed by atoms with van der Waals surface area (Å²) in [6.07, 6.45) is 5.88. The minimum absolute atomic E-state index is 0.392. The summed E-state index contributed by atoms with van der Waals surface area (Å²) in [6, 6.07) is 15.1. The van der Waals surface area contributed by atoms with Crippen molar-refractivity contribution in [3.63, 3.8) is 0 Å². The van der Waals surface area contributed by atoms with Crippen LogP contribution in [-0.4, -0.2) is 22.0 Å². The van der Waals surface area contributed by atoms with E-state index in [-0.39, 0.29) is 0 Å². The smallest absolute Gasteiger partial charge is 0.213 e. The van der Waals surface area contributed by atoms with Crippen LogP contribution in [0.25, 0.3) is 5.57 Å². The molecule has 2 aliphatic rings. The van der Waals surface area contributed by atoms with Gasteiger partial charge in [0.2, 0.25) is 5.95 Å². The topological polar surface area (TPSA) is 16.1 Å². The van der Waals surface area contributed by atoms with Crippen molar-refractivity contribution in [2.45, 2.75) is 44.8 Å². The fourth-order valence-electron chi connectivity index (χ4n) is 4.03. The largest absolute Gasteiger partial charge is 0.289 e. The van der Waals surface area contributed by atoms with Gasteiger partial charge in [-0.15, -0.1) is 0 Å². The summed E-state index contributed by atoms with van der Waals surface area (Å²) in [5.74, 6) is -0.392. The van der Waals surface area contributed by atoms with Gasteiger partial charge in [0.25, 0.3) is 0 Å². The Kier molecular flexibility index (Phi) is 3.74. The molecule has 0 saturated carbocycles. The number of pyridine rings is 1. The molecule has 0 aliphatic carbocycles. The van der Waals surface area contributed by atoms with Gasteiger partial charge in [0.15, 0.2) is 0 Å². The Morgan fingerprint density at radius 1 is 1.13 bits per heavy atom. The molecule has 2 aromatic rings. The normalized spacial score (nSPS) is 23.8. The lowest BCUT2D eigenvalue weighted by Gasteiger charge is -2.34. The van der Waals surface area contributed by atoms with Gasteiger partial charge in [0.05, 0.1) is 0 Å². The van der Waals surface area contributed by atoms with Crippen molar-refractivity contribution in [3.05, 3.63) is 71.3 Å². The van der Waals surface area contributed by atoms with Crippen LogP contribution < -0.4 is 0 Å². The first-order valence-corrected chi connectivity index (χ1v) is 8.34. The van der Waals surface area contributed by atoms with E-state index in [0.29, 0.717) is 12.1 Å². The predicted molar refractivity (Wildman–Crippen MR) is 90.3 cm³/mol. The molecule has 23 heavy (non-hydrogen) atoms. The third kappa shape index (κ3) is 2.81. The first-order valence-electron chi connectivity index (χ1n) is 8.34. The molecule has 2 unspecified atom stereocenters. The molecule has 0 spiro atoms. The van der Waals surface area contributed by atoms with Crippen LogP contribution in [-0.2, 0) is 6.54 Å². The number of halogens is 1. The second-order valence-electron chi connectivity index (χ2n) is 6.62. The van der Waals surface area contributed by atoms with E-state index in [1.54, 1.807) is 0 Å². The van der Waals surface area contributed by atoms with Gasteiger partial charge in [-0.25, -0.2) is 4.98 Å². The van der Waals surface area contributed by atoms with E-state index >= 15 is 0 Å². The summed E-state index contributed by atoms with van der Waals surface area (Å²) >= 11 is 0. The molecule has 1 aromatic heterocycles. The van der Waals surface area contributed by atoms with E-state index in [0.717, 1.165) is 24.2 Å². The fourth-order valence-corrected chi connectivity index (χ4v) is 4.03. The number of aryl methyl sites for hydroxylation is 1. The van der Waals surface area contributed by atoms with E-state index in [9.17, 15) is 4.39 Å². The lowest BCUT2D eigenvalue weighted by molar-refractivity contribution is 0.203. The zero-order valence-electron chi connectivity index (χ0n) is 13.4. The summed E-state index contributed by atoms with van der Waals surface area (Å²) in [4.78, 5) is 6.60. The molecular weight excluding hydrogens is 287 g/mol. The minimum Gasteiger partial charge on any atom is -0.289 e. The van der Waals surface area contributed by atoms with Crippen LogP contribution in [0.5, 0.6) is 0 Å². The third-order valence-electron chi connectivity index (χ3n) is 5.15. The number of nitrogens with zero attached hydrogens (tertiary/aromatic N) is 2. The quantitative estimate of drug-likeness (QED) is 0.784. The molecule has 1 aromatic carbocycles. The van der Waals surface area contributed by atoms with Crippen molar-refractivity contribution in [3.8, 4) is 0 Å². The molecule has 1 saturated heterocycles. The maximum Gasteiger partial charge on any atom is 0.213 e. The summed E-state index contributed by atoms with van der Waals surface area (Å²) in [6.45, 7) is 2.91. The summed E-state index contributed by atoms with van der Waals surface area (Å²) < 4.78 is 13.2. The highest BCUT2D eigenvalue weighted by molar-refractivity contribution is 5.69. The molecule has 2 aliphatic heterocycles. The highest BCUT2D eigenvalue weighted by atomic mass is 19.1. The molecule has 2 nitrogen and oxygen atoms in total. The van der Waals surface area contributed by atoms with Gasteiger partial charge in [-0.3, -0.25) is 4.90 Å². The lowest BCUT2D eigenvalue weighted by atomic mass is 9.93. The molecular formula is C20H21FN2. The third-order valence-corrected chi connectivity index (χ3v) is 5.15. The maximum atomic E-state index is 13.2. The molecule has 1 fully saturated rings. The molecule has 4 rings (SSSR count). The maximum absolute atomic E-state index is 13.2. The van der Waals surface area contributed by atoms with E-state index < -0.39 is 5.95 Å². The second kappa shape index (κ2) is 5.89. The number of fused-ring (bicyclic) bond motifs is 2. The van der Waals surface area contributed by atoms with Gasteiger partial charge >= 0.3 is 0 Å². The average molecular weight is 308 g/mol. The van der Waals surface area contributed by atoms with Crippen molar-refractivity contribution in [1.82, 2.24) is 9.88 Å². The summed E-state index contributed by atoms with van der Waals surface area (Å²) in [5, 5.41) is 0. The van der Waals surface area contributed by atoms with Crippen molar-refractivity contribution in [2.24, 2.45) is 0 Å². The van der Waals surface area contributed by atoms with E-state index in [4.69, 9.17) is 0 Å². The lowest BCUT2D eigenvalue weighted by Crippen LogP contribution is -2.37. The fraction of sp³-hybridized carbons (Fsp3) is 0.350. The van der Waals surface area contributed by atoms with Gasteiger partial charge in [0, 0.05) is 24.3 Å². The Morgan fingerprint density at radius 3 is 2.70 bits per heavy atom. The Labute approximate surface area is 136 Å². The van der Waals surface area contributed by atoms with Gasteiger partial charge in [-0.2, -0.15) is 4.39 Å². The predicted octanol–water partition coefficient (Wildman–Crippen LogP) is 4.35. The van der Waals surface area contributed by atoms with Gasteiger partial charge < -0.3 is 0 Å². The highest BCUT2D eigenvalue weighted by Crippen LogP contribution is 2.39. The molecule has 2 bridgehead atoms. The van der Waals surface area contributed by atoms with Crippen molar-refractivity contribution < 1.29 is 4.39 Å². The van der Waals surface area contributed by atoms with Crippen molar-refractivity contribution >= 4 is 5.57 Å². The number of hydrogen-bond acceptors (Lipinski definition) is 2. The zero-order valence-corrected chi connectivity index (χ0v) is 13.4. The van der Waals surface area contributed by atoms with Gasteiger partial charge in [0.1, 0.15) is 0 Å². The highest BCUT2D eigenvalue weighted by Gasteiger charge is 2.36. The summed E-state index contributed by atoms with van der Waals surface area (Å²) in [7, 11) is 0. The number of aromatic nitrogens is 1. The zero-order chi connectivity index (χ0) is 15.8. The first kappa shape index (κ1) is 14.6. The van der Waals surface area contributed by atoms with E-state index in [1.807, 2.05) is 13.0 Å². The Balaban J connectivity index is 1.59. The second-order valence-corrected chi connectivity index (χ2v) is 6.62. The molecule has 0 N–H and O–H groups in total. The van der Waals surface area contributed by atoms with Crippen LogP contribution in [0, 0.1) is 12.9 Å². The van der Waals surface area contributed by atoms with Crippen LogP contribution in [0.3, 0.4) is 0 Å². The average Bonchev–Trinajstić information content (AvgIpc) is 2.78. The molecule has 0 amide bonds. The molecule has 3 heteroatoms.